The highest BCUT2D eigenvalue weighted by molar-refractivity contribution is 8.01. The fourth-order valence-corrected chi connectivity index (χ4v) is 4.82. The summed E-state index contributed by atoms with van der Waals surface area (Å²) in [6.45, 7) is 6.11. The Kier molecular flexibility index (Phi) is 5.87. The molecule has 0 fully saturated rings. The number of nitrogens with one attached hydrogen (secondary N) is 1. The molecule has 0 aliphatic carbocycles. The van der Waals surface area contributed by atoms with Crippen LogP contribution >= 0.6 is 11.8 Å². The Morgan fingerprint density at radius 3 is 2.74 bits per heavy atom. The number of rotatable bonds is 5. The first-order valence-corrected chi connectivity index (χ1v) is 11.0. The molecule has 1 amide bonds. The van der Waals surface area contributed by atoms with Crippen LogP contribution in [0.5, 0.6) is 0 Å². The molecule has 1 aliphatic rings. The highest BCUT2D eigenvalue weighted by atomic mass is 32.2. The summed E-state index contributed by atoms with van der Waals surface area (Å²) in [6, 6.07) is 12.7. The molecule has 1 atom stereocenters. The minimum absolute atomic E-state index is 0.0550. The van der Waals surface area contributed by atoms with Crippen LogP contribution in [0.25, 0.3) is 11.0 Å². The van der Waals surface area contributed by atoms with Crippen molar-refractivity contribution in [3.63, 3.8) is 0 Å². The van der Waals surface area contributed by atoms with Gasteiger partial charge in [-0.05, 0) is 48.2 Å². The van der Waals surface area contributed by atoms with Crippen molar-refractivity contribution in [2.45, 2.75) is 49.9 Å². The molecule has 1 N–H and O–H groups in total. The molecule has 1 aromatic heterocycles. The lowest BCUT2D eigenvalue weighted by Crippen LogP contribution is -2.31. The van der Waals surface area contributed by atoms with E-state index >= 15 is 0 Å². The van der Waals surface area contributed by atoms with Crippen LogP contribution in [0.1, 0.15) is 42.9 Å². The Morgan fingerprint density at radius 2 is 1.97 bits per heavy atom. The summed E-state index contributed by atoms with van der Waals surface area (Å²) in [5.41, 5.74) is 3.50. The molecule has 3 aromatic rings. The van der Waals surface area contributed by atoms with Crippen molar-refractivity contribution in [3.8, 4) is 0 Å². The van der Waals surface area contributed by atoms with Gasteiger partial charge in [-0.2, -0.15) is 0 Å². The van der Waals surface area contributed by atoms with E-state index in [0.29, 0.717) is 17.1 Å². The number of hydrogen-bond acceptors (Lipinski definition) is 6. The van der Waals surface area contributed by atoms with Crippen molar-refractivity contribution in [2.24, 2.45) is 0 Å². The smallest absolute Gasteiger partial charge is 0.336 e. The highest BCUT2D eigenvalue weighted by Gasteiger charge is 2.29. The number of ether oxygens (including phenoxy) is 1. The summed E-state index contributed by atoms with van der Waals surface area (Å²) >= 11 is 1.35. The molecule has 2 heterocycles. The molecule has 0 radical (unpaired) electrons. The maximum Gasteiger partial charge on any atom is 0.336 e. The van der Waals surface area contributed by atoms with Crippen molar-refractivity contribution >= 4 is 40.3 Å². The highest BCUT2D eigenvalue weighted by Crippen LogP contribution is 2.36. The van der Waals surface area contributed by atoms with Gasteiger partial charge in [0.05, 0.1) is 17.4 Å². The molecule has 1 aliphatic heterocycles. The van der Waals surface area contributed by atoms with Gasteiger partial charge in [-0.25, -0.2) is 4.79 Å². The standard InChI is InChI=1S/C24H23NO5S/c1-13(2)16-10-17-15(9-23(27)30-19(17)8-14(16)3)12-29-22(26)11-21-24(28)25-18-6-4-5-7-20(18)31-21/h4-10,13,21H,11-12H2,1-3H3,(H,25,28)/t21-/m1/s1. The number of amides is 1. The van der Waals surface area contributed by atoms with Crippen molar-refractivity contribution in [1.82, 2.24) is 0 Å². The minimum Gasteiger partial charge on any atom is -0.461 e. The second-order valence-electron chi connectivity index (χ2n) is 7.91. The number of carbonyl (C=O) groups is 2. The first-order chi connectivity index (χ1) is 14.8. The van der Waals surface area contributed by atoms with Crippen molar-refractivity contribution < 1.29 is 18.7 Å². The summed E-state index contributed by atoms with van der Waals surface area (Å²) < 4.78 is 10.8. The first-order valence-electron chi connectivity index (χ1n) is 10.1. The van der Waals surface area contributed by atoms with Gasteiger partial charge in [0.1, 0.15) is 12.2 Å². The molecule has 0 saturated heterocycles. The van der Waals surface area contributed by atoms with E-state index in [1.165, 1.54) is 17.8 Å². The number of carbonyl (C=O) groups excluding carboxylic acids is 2. The van der Waals surface area contributed by atoms with E-state index in [1.54, 1.807) is 0 Å². The second kappa shape index (κ2) is 8.59. The van der Waals surface area contributed by atoms with Crippen molar-refractivity contribution in [2.75, 3.05) is 5.32 Å². The fourth-order valence-electron chi connectivity index (χ4n) is 3.73. The van der Waals surface area contributed by atoms with Crippen LogP contribution in [0, 0.1) is 6.92 Å². The Balaban J connectivity index is 1.50. The van der Waals surface area contributed by atoms with Gasteiger partial charge in [-0.1, -0.05) is 26.0 Å². The molecular weight excluding hydrogens is 414 g/mol. The summed E-state index contributed by atoms with van der Waals surface area (Å²) in [7, 11) is 0. The third-order valence-electron chi connectivity index (χ3n) is 5.29. The number of thioether (sulfide) groups is 1. The van der Waals surface area contributed by atoms with Gasteiger partial charge in [0, 0.05) is 21.9 Å². The number of hydrogen-bond donors (Lipinski definition) is 1. The van der Waals surface area contributed by atoms with Crippen LogP contribution in [0.4, 0.5) is 5.69 Å². The molecular formula is C24H23NO5S. The largest absolute Gasteiger partial charge is 0.461 e. The van der Waals surface area contributed by atoms with Crippen LogP contribution in [-0.2, 0) is 20.9 Å². The van der Waals surface area contributed by atoms with Crippen LogP contribution < -0.4 is 10.9 Å². The lowest BCUT2D eigenvalue weighted by atomic mass is 9.95. The molecule has 0 spiro atoms. The average Bonchev–Trinajstić information content (AvgIpc) is 2.71. The average molecular weight is 438 g/mol. The number of aryl methyl sites for hydroxylation is 1. The maximum absolute atomic E-state index is 12.5. The molecule has 7 heteroatoms. The van der Waals surface area contributed by atoms with Gasteiger partial charge in [0.15, 0.2) is 0 Å². The van der Waals surface area contributed by atoms with Gasteiger partial charge in [-0.3, -0.25) is 9.59 Å². The van der Waals surface area contributed by atoms with E-state index < -0.39 is 16.8 Å². The lowest BCUT2D eigenvalue weighted by molar-refractivity contribution is -0.145. The Bertz CT molecular complexity index is 1230. The summed E-state index contributed by atoms with van der Waals surface area (Å²) in [4.78, 5) is 37.7. The topological polar surface area (TPSA) is 85.6 Å². The number of fused-ring (bicyclic) bond motifs is 2. The number of para-hydroxylation sites is 1. The van der Waals surface area contributed by atoms with E-state index in [0.717, 1.165) is 27.1 Å². The number of esters is 1. The SMILES string of the molecule is Cc1cc2oc(=O)cc(COC(=O)C[C@H]3Sc4ccccc4NC3=O)c2cc1C(C)C. The van der Waals surface area contributed by atoms with Crippen LogP contribution in [0.2, 0.25) is 0 Å². The van der Waals surface area contributed by atoms with Gasteiger partial charge in [0.25, 0.3) is 0 Å². The van der Waals surface area contributed by atoms with Crippen LogP contribution in [0.3, 0.4) is 0 Å². The van der Waals surface area contributed by atoms with Gasteiger partial charge >= 0.3 is 11.6 Å². The van der Waals surface area contributed by atoms with E-state index in [2.05, 4.69) is 19.2 Å². The molecule has 0 unspecified atom stereocenters. The fraction of sp³-hybridized carbons (Fsp3) is 0.292. The lowest BCUT2D eigenvalue weighted by Gasteiger charge is -2.23. The quantitative estimate of drug-likeness (QED) is 0.457. The van der Waals surface area contributed by atoms with E-state index in [1.807, 2.05) is 43.3 Å². The van der Waals surface area contributed by atoms with Crippen LogP contribution in [-0.4, -0.2) is 17.1 Å². The molecule has 160 valence electrons. The zero-order valence-electron chi connectivity index (χ0n) is 17.6. The predicted octanol–water partition coefficient (Wildman–Crippen LogP) is 4.77. The monoisotopic (exact) mass is 437 g/mol. The summed E-state index contributed by atoms with van der Waals surface area (Å²) in [6.07, 6.45) is -0.0550. The Labute approximate surface area is 184 Å². The Morgan fingerprint density at radius 1 is 1.19 bits per heavy atom. The predicted molar refractivity (Wildman–Crippen MR) is 120 cm³/mol. The first kappa shape index (κ1) is 21.2. The zero-order valence-corrected chi connectivity index (χ0v) is 18.4. The third kappa shape index (κ3) is 4.51. The van der Waals surface area contributed by atoms with E-state index in [-0.39, 0.29) is 18.9 Å². The van der Waals surface area contributed by atoms with E-state index in [9.17, 15) is 14.4 Å². The van der Waals surface area contributed by atoms with E-state index in [4.69, 9.17) is 9.15 Å². The number of benzene rings is 2. The van der Waals surface area contributed by atoms with Gasteiger partial charge in [0.2, 0.25) is 5.91 Å². The van der Waals surface area contributed by atoms with Crippen molar-refractivity contribution in [1.29, 1.82) is 0 Å². The molecule has 31 heavy (non-hydrogen) atoms. The maximum atomic E-state index is 12.5. The second-order valence-corrected chi connectivity index (χ2v) is 9.15. The third-order valence-corrected chi connectivity index (χ3v) is 6.56. The summed E-state index contributed by atoms with van der Waals surface area (Å²) in [5.74, 6) is -0.412. The molecule has 2 aromatic carbocycles. The Hall–Kier alpha value is -3.06. The molecule has 0 bridgehead atoms. The molecule has 6 nitrogen and oxygen atoms in total. The molecule has 4 rings (SSSR count). The zero-order chi connectivity index (χ0) is 22.1. The molecule has 0 saturated carbocycles. The van der Waals surface area contributed by atoms with Gasteiger partial charge in [-0.15, -0.1) is 11.8 Å². The van der Waals surface area contributed by atoms with Gasteiger partial charge < -0.3 is 14.5 Å². The number of anilines is 1. The normalized spacial score (nSPS) is 15.6. The minimum atomic E-state index is -0.560. The van der Waals surface area contributed by atoms with Crippen molar-refractivity contribution in [3.05, 3.63) is 69.6 Å². The van der Waals surface area contributed by atoms with Crippen LogP contribution in [0.15, 0.2) is 56.6 Å². The summed E-state index contributed by atoms with van der Waals surface area (Å²) in [5, 5.41) is 3.01.